The molecule has 0 radical (unpaired) electrons. The predicted octanol–water partition coefficient (Wildman–Crippen LogP) is 3.74. The molecule has 0 nitrogen and oxygen atoms in total. The van der Waals surface area contributed by atoms with E-state index in [1.165, 1.54) is 38.5 Å². The van der Waals surface area contributed by atoms with Crippen LogP contribution in [0.15, 0.2) is 0 Å². The molecule has 1 unspecified atom stereocenters. The molecule has 10 heavy (non-hydrogen) atoms. The van der Waals surface area contributed by atoms with Crippen LogP contribution in [0, 0.1) is 5.92 Å². The van der Waals surface area contributed by atoms with Crippen LogP contribution in [-0.2, 0) is 0 Å². The maximum absolute atomic E-state index is 3.69. The monoisotopic (exact) mass is 204 g/mol. The lowest BCUT2D eigenvalue weighted by molar-refractivity contribution is 0.616. The van der Waals surface area contributed by atoms with E-state index in [9.17, 15) is 0 Å². The van der Waals surface area contributed by atoms with Gasteiger partial charge in [0.1, 0.15) is 0 Å². The van der Waals surface area contributed by atoms with Gasteiger partial charge in [-0.25, -0.2) is 0 Å². The summed E-state index contributed by atoms with van der Waals surface area (Å²) in [6.07, 6.45) is 8.55. The molecule has 0 heterocycles. The Kier molecular flexibility index (Phi) is 3.75. The lowest BCUT2D eigenvalue weighted by Gasteiger charge is -2.05. The second-order valence-corrected chi connectivity index (χ2v) is 4.70. The summed E-state index contributed by atoms with van der Waals surface area (Å²) in [6, 6.07) is 0. The number of alkyl halides is 1. The van der Waals surface area contributed by atoms with Crippen LogP contribution in [0.3, 0.4) is 0 Å². The van der Waals surface area contributed by atoms with Crippen LogP contribution in [-0.4, -0.2) is 4.83 Å². The van der Waals surface area contributed by atoms with Gasteiger partial charge in [0.2, 0.25) is 0 Å². The molecule has 0 aromatic carbocycles. The van der Waals surface area contributed by atoms with E-state index in [0.717, 1.165) is 10.7 Å². The molecule has 60 valence electrons. The minimum Gasteiger partial charge on any atom is -0.0891 e. The van der Waals surface area contributed by atoms with Crippen LogP contribution in [0.5, 0.6) is 0 Å². The van der Waals surface area contributed by atoms with Crippen molar-refractivity contribution >= 4 is 15.9 Å². The van der Waals surface area contributed by atoms with Crippen LogP contribution in [0.4, 0.5) is 0 Å². The van der Waals surface area contributed by atoms with Crippen molar-refractivity contribution < 1.29 is 0 Å². The van der Waals surface area contributed by atoms with E-state index in [2.05, 4.69) is 22.9 Å². The molecule has 0 aromatic rings. The Labute approximate surface area is 72.5 Å². The number of rotatable bonds is 5. The molecule has 1 heteroatoms. The van der Waals surface area contributed by atoms with Gasteiger partial charge in [0.05, 0.1) is 0 Å². The van der Waals surface area contributed by atoms with Gasteiger partial charge >= 0.3 is 0 Å². The predicted molar refractivity (Wildman–Crippen MR) is 49.6 cm³/mol. The number of hydrogen-bond donors (Lipinski definition) is 0. The van der Waals surface area contributed by atoms with Gasteiger partial charge in [-0.15, -0.1) is 0 Å². The molecule has 0 amide bonds. The first-order valence-electron chi connectivity index (χ1n) is 4.47. The van der Waals surface area contributed by atoms with Crippen molar-refractivity contribution in [1.82, 2.24) is 0 Å². The summed E-state index contributed by atoms with van der Waals surface area (Å²) in [5.74, 6) is 1.11. The highest BCUT2D eigenvalue weighted by Crippen LogP contribution is 2.35. The van der Waals surface area contributed by atoms with Gasteiger partial charge in [0, 0.05) is 4.83 Å². The smallest absolute Gasteiger partial charge is 0.0145 e. The van der Waals surface area contributed by atoms with Crippen LogP contribution in [0.25, 0.3) is 0 Å². The van der Waals surface area contributed by atoms with Gasteiger partial charge in [0.25, 0.3) is 0 Å². The molecule has 1 saturated carbocycles. The van der Waals surface area contributed by atoms with Gasteiger partial charge in [0.15, 0.2) is 0 Å². The standard InChI is InChI=1S/C9H17Br/c1-2-3-9(10)7-6-8-4-5-8/h8-9H,2-7H2,1H3. The summed E-state index contributed by atoms with van der Waals surface area (Å²) in [7, 11) is 0. The third kappa shape index (κ3) is 3.60. The van der Waals surface area contributed by atoms with E-state index in [-0.39, 0.29) is 0 Å². The fourth-order valence-corrected chi connectivity index (χ4v) is 2.00. The fourth-order valence-electron chi connectivity index (χ4n) is 1.28. The Morgan fingerprint density at radius 1 is 1.40 bits per heavy atom. The van der Waals surface area contributed by atoms with E-state index in [1.807, 2.05) is 0 Å². The molecule has 1 rings (SSSR count). The number of halogens is 1. The average Bonchev–Trinajstić information content (AvgIpc) is 2.67. The van der Waals surface area contributed by atoms with Crippen LogP contribution in [0.1, 0.15) is 45.4 Å². The number of hydrogen-bond acceptors (Lipinski definition) is 0. The second kappa shape index (κ2) is 4.38. The van der Waals surface area contributed by atoms with Crippen molar-refractivity contribution in [3.8, 4) is 0 Å². The van der Waals surface area contributed by atoms with E-state index >= 15 is 0 Å². The Balaban J connectivity index is 1.89. The van der Waals surface area contributed by atoms with E-state index in [1.54, 1.807) is 0 Å². The maximum Gasteiger partial charge on any atom is 0.0145 e. The molecular weight excluding hydrogens is 188 g/mol. The highest BCUT2D eigenvalue weighted by molar-refractivity contribution is 9.09. The maximum atomic E-state index is 3.69. The third-order valence-electron chi connectivity index (χ3n) is 2.19. The van der Waals surface area contributed by atoms with Crippen molar-refractivity contribution in [3.63, 3.8) is 0 Å². The Morgan fingerprint density at radius 2 is 2.10 bits per heavy atom. The summed E-state index contributed by atoms with van der Waals surface area (Å²) in [6.45, 7) is 2.26. The summed E-state index contributed by atoms with van der Waals surface area (Å²) in [4.78, 5) is 0.804. The first kappa shape index (κ1) is 8.58. The van der Waals surface area contributed by atoms with Gasteiger partial charge < -0.3 is 0 Å². The molecule has 0 bridgehead atoms. The first-order valence-corrected chi connectivity index (χ1v) is 5.38. The van der Waals surface area contributed by atoms with Gasteiger partial charge in [-0.1, -0.05) is 42.1 Å². The van der Waals surface area contributed by atoms with E-state index in [0.29, 0.717) is 0 Å². The summed E-state index contributed by atoms with van der Waals surface area (Å²) in [5.41, 5.74) is 0. The zero-order chi connectivity index (χ0) is 7.40. The molecule has 0 spiro atoms. The van der Waals surface area contributed by atoms with Crippen LogP contribution < -0.4 is 0 Å². The van der Waals surface area contributed by atoms with Crippen LogP contribution in [0.2, 0.25) is 0 Å². The van der Waals surface area contributed by atoms with E-state index in [4.69, 9.17) is 0 Å². The Hall–Kier alpha value is 0.480. The zero-order valence-corrected chi connectivity index (χ0v) is 8.36. The zero-order valence-electron chi connectivity index (χ0n) is 6.78. The second-order valence-electron chi connectivity index (χ2n) is 3.41. The lowest BCUT2D eigenvalue weighted by atomic mass is 10.1. The van der Waals surface area contributed by atoms with Crippen LogP contribution >= 0.6 is 15.9 Å². The SMILES string of the molecule is CCCC(Br)CCC1CC1. The quantitative estimate of drug-likeness (QED) is 0.599. The van der Waals surface area contributed by atoms with E-state index < -0.39 is 0 Å². The molecule has 1 atom stereocenters. The molecule has 0 aromatic heterocycles. The topological polar surface area (TPSA) is 0 Å². The van der Waals surface area contributed by atoms with Crippen molar-refractivity contribution in [1.29, 1.82) is 0 Å². The van der Waals surface area contributed by atoms with Crippen molar-refractivity contribution in [2.45, 2.75) is 50.3 Å². The summed E-state index contributed by atoms with van der Waals surface area (Å²) >= 11 is 3.69. The molecule has 1 aliphatic carbocycles. The fraction of sp³-hybridized carbons (Fsp3) is 1.00. The average molecular weight is 205 g/mol. The largest absolute Gasteiger partial charge is 0.0891 e. The minimum absolute atomic E-state index is 0.804. The normalized spacial score (nSPS) is 21.0. The van der Waals surface area contributed by atoms with Crippen molar-refractivity contribution in [2.75, 3.05) is 0 Å². The van der Waals surface area contributed by atoms with Gasteiger partial charge in [-0.3, -0.25) is 0 Å². The Bertz CT molecular complexity index is 86.7. The molecule has 0 N–H and O–H groups in total. The molecule has 0 aliphatic heterocycles. The summed E-state index contributed by atoms with van der Waals surface area (Å²) < 4.78 is 0. The Morgan fingerprint density at radius 3 is 2.60 bits per heavy atom. The highest BCUT2D eigenvalue weighted by Gasteiger charge is 2.21. The molecule has 0 saturated heterocycles. The minimum atomic E-state index is 0.804. The highest BCUT2D eigenvalue weighted by atomic mass is 79.9. The summed E-state index contributed by atoms with van der Waals surface area (Å²) in [5, 5.41) is 0. The van der Waals surface area contributed by atoms with Crippen molar-refractivity contribution in [2.24, 2.45) is 5.92 Å². The molecule has 1 fully saturated rings. The van der Waals surface area contributed by atoms with Gasteiger partial charge in [-0.05, 0) is 25.2 Å². The first-order chi connectivity index (χ1) is 4.83. The third-order valence-corrected chi connectivity index (χ3v) is 3.10. The lowest BCUT2D eigenvalue weighted by Crippen LogP contribution is -1.96. The van der Waals surface area contributed by atoms with Crippen molar-refractivity contribution in [3.05, 3.63) is 0 Å². The molecule has 1 aliphatic rings. The van der Waals surface area contributed by atoms with Gasteiger partial charge in [-0.2, -0.15) is 0 Å². The molecular formula is C9H17Br.